The molecule has 0 unspecified atom stereocenters. The molecule has 0 amide bonds. The Morgan fingerprint density at radius 3 is 1.88 bits per heavy atom. The highest BCUT2D eigenvalue weighted by Crippen LogP contribution is 2.44. The summed E-state index contributed by atoms with van der Waals surface area (Å²) < 4.78 is 0. The second-order valence-corrected chi connectivity index (χ2v) is 6.91. The van der Waals surface area contributed by atoms with Gasteiger partial charge in [0.05, 0.1) is 29.8 Å². The maximum Gasteiger partial charge on any atom is 0.333 e. The molecule has 0 spiro atoms. The van der Waals surface area contributed by atoms with E-state index in [1.165, 1.54) is 4.90 Å². The molecule has 7 heteroatoms. The van der Waals surface area contributed by atoms with E-state index in [0.717, 1.165) is 32.1 Å². The van der Waals surface area contributed by atoms with Crippen LogP contribution in [0.2, 0.25) is 0 Å². The van der Waals surface area contributed by atoms with Crippen LogP contribution >= 0.6 is 0 Å². The van der Waals surface area contributed by atoms with Crippen molar-refractivity contribution in [2.45, 2.75) is 46.0 Å². The van der Waals surface area contributed by atoms with Gasteiger partial charge in [-0.2, -0.15) is 10.5 Å². The van der Waals surface area contributed by atoms with Gasteiger partial charge in [0.15, 0.2) is 5.92 Å². The molecule has 26 heavy (non-hydrogen) atoms. The van der Waals surface area contributed by atoms with Crippen LogP contribution in [0.4, 0.5) is 0 Å². The van der Waals surface area contributed by atoms with E-state index in [-0.39, 0.29) is 23.6 Å². The van der Waals surface area contributed by atoms with Crippen LogP contribution < -0.4 is 0 Å². The minimum Gasteiger partial charge on any atom is -0.478 e. The molecule has 1 aliphatic heterocycles. The molecule has 0 aromatic rings. The molecule has 138 valence electrons. The second kappa shape index (κ2) is 8.05. The average molecular weight is 357 g/mol. The third-order valence-electron chi connectivity index (χ3n) is 5.47. The second-order valence-electron chi connectivity index (χ2n) is 6.91. The molecule has 2 rings (SSSR count). The van der Waals surface area contributed by atoms with Crippen molar-refractivity contribution in [3.63, 3.8) is 0 Å². The van der Waals surface area contributed by atoms with E-state index in [2.05, 4.69) is 0 Å². The van der Waals surface area contributed by atoms with Gasteiger partial charge in [-0.15, -0.1) is 0 Å². The normalized spacial score (nSPS) is 19.5. The van der Waals surface area contributed by atoms with Gasteiger partial charge in [0.1, 0.15) is 0 Å². The fourth-order valence-corrected chi connectivity index (χ4v) is 4.22. The Balaban J connectivity index is 2.59. The van der Waals surface area contributed by atoms with Gasteiger partial charge in [-0.25, -0.2) is 9.59 Å². The summed E-state index contributed by atoms with van der Waals surface area (Å²) in [6, 6.07) is 3.72. The van der Waals surface area contributed by atoms with E-state index >= 15 is 0 Å². The molecule has 0 saturated heterocycles. The smallest absolute Gasteiger partial charge is 0.333 e. The van der Waals surface area contributed by atoms with Crippen LogP contribution in [0.1, 0.15) is 46.0 Å². The molecule has 0 aromatic carbocycles. The number of aliphatic carboxylic acids is 2. The van der Waals surface area contributed by atoms with E-state index < -0.39 is 23.8 Å². The van der Waals surface area contributed by atoms with Gasteiger partial charge in [0.25, 0.3) is 0 Å². The largest absolute Gasteiger partial charge is 0.478 e. The van der Waals surface area contributed by atoms with Gasteiger partial charge in [-0.3, -0.25) is 0 Å². The van der Waals surface area contributed by atoms with Crippen molar-refractivity contribution in [3.8, 4) is 12.1 Å². The highest BCUT2D eigenvalue weighted by molar-refractivity contribution is 5.96. The summed E-state index contributed by atoms with van der Waals surface area (Å²) in [5.74, 6) is -3.93. The minimum absolute atomic E-state index is 0.0178. The fourth-order valence-electron chi connectivity index (χ4n) is 4.22. The van der Waals surface area contributed by atoms with Crippen molar-refractivity contribution >= 4 is 11.9 Å². The molecule has 0 bridgehead atoms. The van der Waals surface area contributed by atoms with Crippen LogP contribution in [0.3, 0.4) is 0 Å². The zero-order valence-electron chi connectivity index (χ0n) is 15.0. The van der Waals surface area contributed by atoms with Gasteiger partial charge in [0.2, 0.25) is 0 Å². The van der Waals surface area contributed by atoms with Crippen LogP contribution in [-0.2, 0) is 9.59 Å². The highest BCUT2D eigenvalue weighted by Gasteiger charge is 2.42. The van der Waals surface area contributed by atoms with Crippen LogP contribution in [0, 0.1) is 40.4 Å². The Morgan fingerprint density at radius 2 is 1.50 bits per heavy atom. The topological polar surface area (TPSA) is 125 Å². The van der Waals surface area contributed by atoms with Gasteiger partial charge in [0, 0.05) is 17.3 Å². The Morgan fingerprint density at radius 1 is 1.04 bits per heavy atom. The Bertz CT molecular complexity index is 696. The number of rotatable bonds is 5. The first-order chi connectivity index (χ1) is 12.3. The Labute approximate surface area is 152 Å². The zero-order valence-corrected chi connectivity index (χ0v) is 15.0. The van der Waals surface area contributed by atoms with Crippen LogP contribution in [0.25, 0.3) is 0 Å². The fraction of sp³-hybridized carbons (Fsp3) is 0.579. The van der Waals surface area contributed by atoms with E-state index in [9.17, 15) is 19.8 Å². The summed E-state index contributed by atoms with van der Waals surface area (Å²) >= 11 is 0. The van der Waals surface area contributed by atoms with Crippen molar-refractivity contribution in [2.24, 2.45) is 17.8 Å². The molecule has 1 heterocycles. The summed E-state index contributed by atoms with van der Waals surface area (Å²) in [5.41, 5.74) is 1.00. The molecule has 2 N–H and O–H groups in total. The standard InChI is InChI=1S/C19H23N3O4/c1-11-15(18(23)24)17(14-6-4-3-5-7-14)16(19(25)26)12(2)22(11)10-13(8-20)9-21/h13-14,17H,3-7,10H2,1-2H3,(H,23,24)(H,25,26). The Kier molecular flexibility index (Phi) is 6.05. The van der Waals surface area contributed by atoms with E-state index in [1.54, 1.807) is 13.8 Å². The number of hydrogen-bond acceptors (Lipinski definition) is 5. The maximum atomic E-state index is 12.0. The minimum atomic E-state index is -1.14. The summed E-state index contributed by atoms with van der Waals surface area (Å²) in [6.07, 6.45) is 4.62. The van der Waals surface area contributed by atoms with Crippen molar-refractivity contribution in [1.29, 1.82) is 10.5 Å². The summed E-state index contributed by atoms with van der Waals surface area (Å²) in [5, 5.41) is 37.8. The lowest BCUT2D eigenvalue weighted by atomic mass is 9.70. The molecular weight excluding hydrogens is 334 g/mol. The predicted octanol–water partition coefficient (Wildman–Crippen LogP) is 2.88. The summed E-state index contributed by atoms with van der Waals surface area (Å²) in [6.45, 7) is 3.22. The average Bonchev–Trinajstić information content (AvgIpc) is 2.61. The maximum absolute atomic E-state index is 12.0. The number of carbonyl (C=O) groups is 2. The van der Waals surface area contributed by atoms with E-state index in [4.69, 9.17) is 10.5 Å². The van der Waals surface area contributed by atoms with Crippen molar-refractivity contribution in [1.82, 2.24) is 4.90 Å². The number of carboxylic acid groups (broad SMARTS) is 2. The van der Waals surface area contributed by atoms with Crippen LogP contribution in [-0.4, -0.2) is 33.6 Å². The Hall–Kier alpha value is -2.80. The van der Waals surface area contributed by atoms with Crippen molar-refractivity contribution in [2.75, 3.05) is 6.54 Å². The molecular formula is C19H23N3O4. The van der Waals surface area contributed by atoms with E-state index in [1.807, 2.05) is 12.1 Å². The lowest BCUT2D eigenvalue weighted by Crippen LogP contribution is -2.40. The van der Waals surface area contributed by atoms with Crippen LogP contribution in [0.5, 0.6) is 0 Å². The molecule has 0 aromatic heterocycles. The third kappa shape index (κ3) is 3.57. The molecule has 7 nitrogen and oxygen atoms in total. The molecule has 0 radical (unpaired) electrons. The van der Waals surface area contributed by atoms with Gasteiger partial charge in [-0.05, 0) is 32.6 Å². The number of carboxylic acids is 2. The van der Waals surface area contributed by atoms with Crippen molar-refractivity contribution in [3.05, 3.63) is 22.5 Å². The number of allylic oxidation sites excluding steroid dienone is 2. The first-order valence-electron chi connectivity index (χ1n) is 8.78. The molecule has 2 aliphatic rings. The predicted molar refractivity (Wildman–Crippen MR) is 92.2 cm³/mol. The summed E-state index contributed by atoms with van der Waals surface area (Å²) in [4.78, 5) is 25.6. The lowest BCUT2D eigenvalue weighted by Gasteiger charge is -2.40. The quantitative estimate of drug-likeness (QED) is 0.774. The zero-order chi connectivity index (χ0) is 19.4. The number of nitriles is 2. The van der Waals surface area contributed by atoms with Crippen molar-refractivity contribution < 1.29 is 19.8 Å². The molecule has 0 atom stereocenters. The monoisotopic (exact) mass is 357 g/mol. The molecule has 1 saturated carbocycles. The highest BCUT2D eigenvalue weighted by atomic mass is 16.4. The van der Waals surface area contributed by atoms with Crippen LogP contribution in [0.15, 0.2) is 22.5 Å². The van der Waals surface area contributed by atoms with E-state index in [0.29, 0.717) is 11.4 Å². The van der Waals surface area contributed by atoms with Gasteiger partial charge >= 0.3 is 11.9 Å². The number of hydrogen-bond donors (Lipinski definition) is 2. The first-order valence-corrected chi connectivity index (χ1v) is 8.78. The lowest BCUT2D eigenvalue weighted by molar-refractivity contribution is -0.134. The number of nitrogens with zero attached hydrogens (tertiary/aromatic N) is 3. The van der Waals surface area contributed by atoms with Gasteiger partial charge in [-0.1, -0.05) is 19.3 Å². The van der Waals surface area contributed by atoms with Gasteiger partial charge < -0.3 is 15.1 Å². The first kappa shape index (κ1) is 19.5. The third-order valence-corrected chi connectivity index (χ3v) is 5.47. The molecule has 1 aliphatic carbocycles. The molecule has 1 fully saturated rings. The summed E-state index contributed by atoms with van der Waals surface area (Å²) in [7, 11) is 0. The SMILES string of the molecule is CC1=C(C(=O)O)C(C2CCCCC2)C(C(=O)O)=C(C)N1CC(C#N)C#N.